The summed E-state index contributed by atoms with van der Waals surface area (Å²) in [6.07, 6.45) is 1.71. The van der Waals surface area contributed by atoms with Gasteiger partial charge in [-0.05, 0) is 44.7 Å². The summed E-state index contributed by atoms with van der Waals surface area (Å²) >= 11 is 0. The molecule has 6 heteroatoms. The number of carbonyl (C=O) groups is 3. The van der Waals surface area contributed by atoms with E-state index in [9.17, 15) is 14.4 Å². The zero-order valence-corrected chi connectivity index (χ0v) is 15.4. The van der Waals surface area contributed by atoms with Gasteiger partial charge in [0.15, 0.2) is 0 Å². The lowest BCUT2D eigenvalue weighted by molar-refractivity contribution is -0.130. The molecule has 2 rings (SSSR count). The summed E-state index contributed by atoms with van der Waals surface area (Å²) in [4.78, 5) is 37.1. The lowest BCUT2D eigenvalue weighted by Gasteiger charge is -2.17. The van der Waals surface area contributed by atoms with Crippen LogP contribution in [0.15, 0.2) is 24.3 Å². The van der Waals surface area contributed by atoms with Crippen molar-refractivity contribution in [3.05, 3.63) is 35.4 Å². The van der Waals surface area contributed by atoms with Gasteiger partial charge in [-0.15, -0.1) is 0 Å². The van der Waals surface area contributed by atoms with Crippen molar-refractivity contribution in [2.24, 2.45) is 0 Å². The highest BCUT2D eigenvalue weighted by atomic mass is 16.2. The van der Waals surface area contributed by atoms with Crippen molar-refractivity contribution in [2.75, 3.05) is 6.54 Å². The van der Waals surface area contributed by atoms with E-state index in [-0.39, 0.29) is 36.9 Å². The molecule has 1 aliphatic rings. The summed E-state index contributed by atoms with van der Waals surface area (Å²) in [6.45, 7) is 7.64. The minimum absolute atomic E-state index is 0.0749. The minimum Gasteiger partial charge on any atom is -0.350 e. The molecule has 0 bridgehead atoms. The van der Waals surface area contributed by atoms with Crippen LogP contribution in [0.5, 0.6) is 0 Å². The first-order chi connectivity index (χ1) is 11.7. The highest BCUT2D eigenvalue weighted by molar-refractivity contribution is 6.06. The number of hydrogen-bond donors (Lipinski definition) is 2. The van der Waals surface area contributed by atoms with Gasteiger partial charge in [0.2, 0.25) is 5.91 Å². The van der Waals surface area contributed by atoms with Crippen molar-refractivity contribution in [3.63, 3.8) is 0 Å². The van der Waals surface area contributed by atoms with Crippen LogP contribution in [0, 0.1) is 0 Å². The van der Waals surface area contributed by atoms with E-state index < -0.39 is 5.54 Å². The summed E-state index contributed by atoms with van der Waals surface area (Å²) in [5, 5.41) is 5.59. The molecule has 1 aromatic carbocycles. The lowest BCUT2D eigenvalue weighted by atomic mass is 10.0. The SMILES string of the molecule is CCc1ccc(C(C)NC(=O)CCCN2C(=O)NC(C)(C)C2=O)cc1. The number of amides is 4. The Bertz CT molecular complexity index is 652. The normalized spacial score (nSPS) is 17.4. The zero-order chi connectivity index (χ0) is 18.6. The van der Waals surface area contributed by atoms with Crippen LogP contribution in [0.4, 0.5) is 4.79 Å². The summed E-state index contributed by atoms with van der Waals surface area (Å²) in [6, 6.07) is 7.72. The van der Waals surface area contributed by atoms with Crippen LogP contribution in [0.3, 0.4) is 0 Å². The minimum atomic E-state index is -0.863. The van der Waals surface area contributed by atoms with Gasteiger partial charge in [0.25, 0.3) is 5.91 Å². The molecule has 0 radical (unpaired) electrons. The molecule has 1 fully saturated rings. The molecule has 1 aromatic rings. The van der Waals surface area contributed by atoms with Crippen molar-refractivity contribution >= 4 is 17.8 Å². The van der Waals surface area contributed by atoms with Crippen molar-refractivity contribution in [1.82, 2.24) is 15.5 Å². The molecule has 1 saturated heterocycles. The van der Waals surface area contributed by atoms with E-state index in [1.807, 2.05) is 19.1 Å². The number of nitrogens with one attached hydrogen (secondary N) is 2. The Hall–Kier alpha value is -2.37. The number of rotatable bonds is 7. The van der Waals surface area contributed by atoms with Crippen molar-refractivity contribution in [1.29, 1.82) is 0 Å². The van der Waals surface area contributed by atoms with Gasteiger partial charge in [-0.25, -0.2) is 4.79 Å². The maximum absolute atomic E-state index is 12.1. The standard InChI is InChI=1S/C19H27N3O3/c1-5-14-8-10-15(11-9-14)13(2)20-16(23)7-6-12-22-17(24)19(3,4)21-18(22)25/h8-11,13H,5-7,12H2,1-4H3,(H,20,23)(H,21,25). The fourth-order valence-corrected chi connectivity index (χ4v) is 2.86. The van der Waals surface area contributed by atoms with Crippen molar-refractivity contribution < 1.29 is 14.4 Å². The first-order valence-electron chi connectivity index (χ1n) is 8.77. The molecule has 25 heavy (non-hydrogen) atoms. The summed E-state index contributed by atoms with van der Waals surface area (Å²) < 4.78 is 0. The van der Waals surface area contributed by atoms with Gasteiger partial charge in [-0.2, -0.15) is 0 Å². The van der Waals surface area contributed by atoms with Gasteiger partial charge < -0.3 is 10.6 Å². The molecule has 6 nitrogen and oxygen atoms in total. The van der Waals surface area contributed by atoms with Gasteiger partial charge >= 0.3 is 6.03 Å². The highest BCUT2D eigenvalue weighted by Gasteiger charge is 2.43. The lowest BCUT2D eigenvalue weighted by Crippen LogP contribution is -2.40. The molecule has 0 aromatic heterocycles. The van der Waals surface area contributed by atoms with E-state index in [0.717, 1.165) is 12.0 Å². The molecule has 2 N–H and O–H groups in total. The number of hydrogen-bond acceptors (Lipinski definition) is 3. The van der Waals surface area contributed by atoms with E-state index in [4.69, 9.17) is 0 Å². The Morgan fingerprint density at radius 2 is 1.88 bits per heavy atom. The second kappa shape index (κ2) is 7.68. The number of urea groups is 1. The maximum Gasteiger partial charge on any atom is 0.325 e. The fourth-order valence-electron chi connectivity index (χ4n) is 2.86. The number of aryl methyl sites for hydroxylation is 1. The average molecular weight is 345 g/mol. The second-order valence-corrected chi connectivity index (χ2v) is 7.00. The molecule has 0 spiro atoms. The van der Waals surface area contributed by atoms with Crippen LogP contribution < -0.4 is 10.6 Å². The summed E-state index contributed by atoms with van der Waals surface area (Å²) in [5.41, 5.74) is 1.46. The van der Waals surface area contributed by atoms with Crippen LogP contribution >= 0.6 is 0 Å². The largest absolute Gasteiger partial charge is 0.350 e. The quantitative estimate of drug-likeness (QED) is 0.746. The molecular weight excluding hydrogens is 318 g/mol. The third-order valence-corrected chi connectivity index (χ3v) is 4.50. The number of carbonyl (C=O) groups excluding carboxylic acids is 3. The molecule has 1 atom stereocenters. The van der Waals surface area contributed by atoms with Crippen LogP contribution in [-0.2, 0) is 16.0 Å². The van der Waals surface area contributed by atoms with Crippen LogP contribution in [0.2, 0.25) is 0 Å². The Morgan fingerprint density at radius 3 is 2.40 bits per heavy atom. The molecule has 1 aliphatic heterocycles. The third-order valence-electron chi connectivity index (χ3n) is 4.50. The molecule has 1 heterocycles. The maximum atomic E-state index is 12.1. The van der Waals surface area contributed by atoms with Gasteiger partial charge in [0, 0.05) is 13.0 Å². The van der Waals surface area contributed by atoms with Crippen LogP contribution in [0.25, 0.3) is 0 Å². The third kappa shape index (κ3) is 4.59. The Morgan fingerprint density at radius 1 is 1.24 bits per heavy atom. The first-order valence-corrected chi connectivity index (χ1v) is 8.77. The van der Waals surface area contributed by atoms with Crippen molar-refractivity contribution in [2.45, 2.75) is 58.5 Å². The smallest absolute Gasteiger partial charge is 0.325 e. The Balaban J connectivity index is 1.78. The summed E-state index contributed by atoms with van der Waals surface area (Å²) in [5.74, 6) is -0.333. The second-order valence-electron chi connectivity index (χ2n) is 7.00. The molecular formula is C19H27N3O3. The van der Waals surface area contributed by atoms with E-state index in [1.165, 1.54) is 10.5 Å². The molecule has 1 unspecified atom stereocenters. The Labute approximate surface area is 149 Å². The van der Waals surface area contributed by atoms with E-state index in [0.29, 0.717) is 6.42 Å². The molecule has 4 amide bonds. The van der Waals surface area contributed by atoms with E-state index in [1.54, 1.807) is 13.8 Å². The van der Waals surface area contributed by atoms with E-state index in [2.05, 4.69) is 29.7 Å². The number of benzene rings is 1. The highest BCUT2D eigenvalue weighted by Crippen LogP contribution is 2.17. The van der Waals surface area contributed by atoms with Gasteiger partial charge in [-0.3, -0.25) is 14.5 Å². The molecule has 0 saturated carbocycles. The van der Waals surface area contributed by atoms with Gasteiger partial charge in [-0.1, -0.05) is 31.2 Å². The molecule has 0 aliphatic carbocycles. The Kier molecular flexibility index (Phi) is 5.82. The number of imide groups is 1. The van der Waals surface area contributed by atoms with E-state index >= 15 is 0 Å². The predicted molar refractivity (Wildman–Crippen MR) is 95.9 cm³/mol. The topological polar surface area (TPSA) is 78.5 Å². The summed E-state index contributed by atoms with van der Waals surface area (Å²) in [7, 11) is 0. The van der Waals surface area contributed by atoms with Crippen molar-refractivity contribution in [3.8, 4) is 0 Å². The van der Waals surface area contributed by atoms with Gasteiger partial charge in [0.05, 0.1) is 6.04 Å². The number of nitrogens with zero attached hydrogens (tertiary/aromatic N) is 1. The fraction of sp³-hybridized carbons (Fsp3) is 0.526. The van der Waals surface area contributed by atoms with Gasteiger partial charge in [0.1, 0.15) is 5.54 Å². The monoisotopic (exact) mass is 345 g/mol. The molecule has 136 valence electrons. The first kappa shape index (κ1) is 19.0. The van der Waals surface area contributed by atoms with Crippen LogP contribution in [0.1, 0.15) is 57.7 Å². The van der Waals surface area contributed by atoms with Crippen LogP contribution in [-0.4, -0.2) is 34.8 Å². The zero-order valence-electron chi connectivity index (χ0n) is 15.4. The average Bonchev–Trinajstić information content (AvgIpc) is 2.76. The predicted octanol–water partition coefficient (Wildman–Crippen LogP) is 2.54.